The molecule has 0 aliphatic heterocycles. The van der Waals surface area contributed by atoms with Gasteiger partial charge in [-0.2, -0.15) is 4.80 Å². The van der Waals surface area contributed by atoms with Crippen LogP contribution in [-0.2, 0) is 4.74 Å². The van der Waals surface area contributed by atoms with Crippen molar-refractivity contribution in [2.24, 2.45) is 0 Å². The molecule has 0 aliphatic rings. The van der Waals surface area contributed by atoms with Crippen molar-refractivity contribution >= 4 is 21.9 Å². The molecule has 0 saturated heterocycles. The first kappa shape index (κ1) is 15.4. The molecule has 1 atom stereocenters. The Morgan fingerprint density at radius 2 is 2.00 bits per heavy atom. The number of methoxy groups -OCH3 is 1. The van der Waals surface area contributed by atoms with E-state index < -0.39 is 5.97 Å². The number of tetrazole rings is 1. The first-order chi connectivity index (χ1) is 11.1. The maximum atomic E-state index is 11.4. The molecule has 2 heterocycles. The van der Waals surface area contributed by atoms with Gasteiger partial charge in [0.05, 0.1) is 7.11 Å². The van der Waals surface area contributed by atoms with Crippen LogP contribution in [0.1, 0.15) is 29.3 Å². The van der Waals surface area contributed by atoms with Crippen LogP contribution in [0.5, 0.6) is 0 Å². The van der Waals surface area contributed by atoms with Gasteiger partial charge in [0, 0.05) is 10.0 Å². The summed E-state index contributed by atoms with van der Waals surface area (Å²) in [5.41, 5.74) is 0.862. The summed E-state index contributed by atoms with van der Waals surface area (Å²) in [6.45, 7) is 1.85. The summed E-state index contributed by atoms with van der Waals surface area (Å²) in [7, 11) is 1.30. The zero-order valence-electron chi connectivity index (χ0n) is 12.4. The summed E-state index contributed by atoms with van der Waals surface area (Å²) in [5.74, 6) is 0.683. The second-order valence-electron chi connectivity index (χ2n) is 4.81. The molecule has 0 amide bonds. The van der Waals surface area contributed by atoms with Crippen LogP contribution in [-0.4, -0.2) is 33.3 Å². The second kappa shape index (κ2) is 6.33. The Balaban J connectivity index is 1.83. The monoisotopic (exact) mass is 376 g/mol. The zero-order chi connectivity index (χ0) is 16.4. The molecule has 8 heteroatoms. The Morgan fingerprint density at radius 3 is 2.70 bits per heavy atom. The Morgan fingerprint density at radius 1 is 1.26 bits per heavy atom. The minimum absolute atomic E-state index is 0.141. The molecule has 23 heavy (non-hydrogen) atoms. The van der Waals surface area contributed by atoms with Crippen LogP contribution in [0.25, 0.3) is 11.4 Å². The summed E-state index contributed by atoms with van der Waals surface area (Å²) >= 11 is 3.39. The molecule has 3 aromatic rings. The maximum absolute atomic E-state index is 11.4. The van der Waals surface area contributed by atoms with Gasteiger partial charge in [-0.15, -0.1) is 10.2 Å². The number of hydrogen-bond acceptors (Lipinski definition) is 6. The average Bonchev–Trinajstić information content (AvgIpc) is 3.24. The van der Waals surface area contributed by atoms with E-state index in [0.29, 0.717) is 11.6 Å². The SMILES string of the molecule is COC(=O)c1ccc(C(C)n2nnc(-c3ccc(Br)cc3)n2)o1. The first-order valence-electron chi connectivity index (χ1n) is 6.82. The lowest BCUT2D eigenvalue weighted by Gasteiger charge is -2.05. The molecule has 0 bridgehead atoms. The van der Waals surface area contributed by atoms with E-state index in [2.05, 4.69) is 36.1 Å². The van der Waals surface area contributed by atoms with Gasteiger partial charge in [-0.05, 0) is 48.5 Å². The van der Waals surface area contributed by atoms with E-state index in [0.717, 1.165) is 10.0 Å². The van der Waals surface area contributed by atoms with Crippen molar-refractivity contribution in [2.45, 2.75) is 13.0 Å². The molecule has 3 rings (SSSR count). The van der Waals surface area contributed by atoms with Crippen molar-refractivity contribution in [1.29, 1.82) is 0 Å². The fraction of sp³-hybridized carbons (Fsp3) is 0.200. The van der Waals surface area contributed by atoms with Gasteiger partial charge in [0.15, 0.2) is 0 Å². The molecule has 0 aliphatic carbocycles. The molecule has 0 N–H and O–H groups in total. The molecule has 0 fully saturated rings. The predicted molar refractivity (Wildman–Crippen MR) is 84.8 cm³/mol. The number of nitrogens with zero attached hydrogens (tertiary/aromatic N) is 4. The van der Waals surface area contributed by atoms with E-state index in [1.54, 1.807) is 12.1 Å². The summed E-state index contributed by atoms with van der Waals surface area (Å²) in [4.78, 5) is 12.9. The number of hydrogen-bond donors (Lipinski definition) is 0. The van der Waals surface area contributed by atoms with Gasteiger partial charge in [0.25, 0.3) is 0 Å². The van der Waals surface area contributed by atoms with Gasteiger partial charge in [0.2, 0.25) is 11.6 Å². The number of benzene rings is 1. The minimum Gasteiger partial charge on any atom is -0.463 e. The minimum atomic E-state index is -0.523. The Hall–Kier alpha value is -2.48. The van der Waals surface area contributed by atoms with Crippen LogP contribution in [0.4, 0.5) is 0 Å². The number of aromatic nitrogens is 4. The van der Waals surface area contributed by atoms with Crippen LogP contribution in [0, 0.1) is 0 Å². The topological polar surface area (TPSA) is 83.0 Å². The van der Waals surface area contributed by atoms with Crippen molar-refractivity contribution in [3.63, 3.8) is 0 Å². The van der Waals surface area contributed by atoms with Gasteiger partial charge < -0.3 is 9.15 Å². The average molecular weight is 377 g/mol. The van der Waals surface area contributed by atoms with E-state index in [9.17, 15) is 4.79 Å². The van der Waals surface area contributed by atoms with Gasteiger partial charge in [-0.3, -0.25) is 0 Å². The number of furan rings is 1. The van der Waals surface area contributed by atoms with Crippen LogP contribution < -0.4 is 0 Å². The molecule has 0 spiro atoms. The molecule has 0 saturated carbocycles. The molecule has 7 nitrogen and oxygen atoms in total. The standard InChI is InChI=1S/C15H13BrN4O3/c1-9(12-7-8-13(23-12)15(21)22-2)20-18-14(17-19-20)10-3-5-11(16)6-4-10/h3-9H,1-2H3. The highest BCUT2D eigenvalue weighted by Gasteiger charge is 2.19. The van der Waals surface area contributed by atoms with E-state index in [1.165, 1.54) is 11.9 Å². The summed E-state index contributed by atoms with van der Waals surface area (Å²) in [6.07, 6.45) is 0. The second-order valence-corrected chi connectivity index (χ2v) is 5.73. The quantitative estimate of drug-likeness (QED) is 0.650. The van der Waals surface area contributed by atoms with Crippen LogP contribution in [0.2, 0.25) is 0 Å². The van der Waals surface area contributed by atoms with Gasteiger partial charge in [0.1, 0.15) is 11.8 Å². The number of esters is 1. The highest BCUT2D eigenvalue weighted by molar-refractivity contribution is 9.10. The summed E-state index contributed by atoms with van der Waals surface area (Å²) in [6, 6.07) is 10.6. The number of rotatable bonds is 4. The third-order valence-corrected chi connectivity index (χ3v) is 3.83. The lowest BCUT2D eigenvalue weighted by molar-refractivity contribution is 0.0562. The number of ether oxygens (including phenoxy) is 1. The van der Waals surface area contributed by atoms with Crippen LogP contribution >= 0.6 is 15.9 Å². The normalized spacial score (nSPS) is 12.1. The van der Waals surface area contributed by atoms with Crippen molar-refractivity contribution in [2.75, 3.05) is 7.11 Å². The maximum Gasteiger partial charge on any atom is 0.373 e. The Labute approximate surface area is 140 Å². The predicted octanol–water partition coefficient (Wildman–Crippen LogP) is 3.09. The zero-order valence-corrected chi connectivity index (χ0v) is 14.0. The molecular weight excluding hydrogens is 364 g/mol. The summed E-state index contributed by atoms with van der Waals surface area (Å²) in [5, 5.41) is 12.5. The van der Waals surface area contributed by atoms with E-state index in [1.807, 2.05) is 31.2 Å². The third-order valence-electron chi connectivity index (χ3n) is 3.30. The highest BCUT2D eigenvalue weighted by atomic mass is 79.9. The van der Waals surface area contributed by atoms with E-state index in [4.69, 9.17) is 4.42 Å². The first-order valence-corrected chi connectivity index (χ1v) is 7.61. The lowest BCUT2D eigenvalue weighted by Crippen LogP contribution is -2.10. The van der Waals surface area contributed by atoms with Crippen molar-refractivity contribution < 1.29 is 13.9 Å². The van der Waals surface area contributed by atoms with Gasteiger partial charge in [-0.25, -0.2) is 4.79 Å². The Kier molecular flexibility index (Phi) is 4.24. The molecule has 2 aromatic heterocycles. The van der Waals surface area contributed by atoms with Crippen molar-refractivity contribution in [3.05, 3.63) is 52.4 Å². The summed E-state index contributed by atoms with van der Waals surface area (Å²) < 4.78 is 11.1. The Bertz CT molecular complexity index is 825. The smallest absolute Gasteiger partial charge is 0.373 e. The van der Waals surface area contributed by atoms with Gasteiger partial charge >= 0.3 is 5.97 Å². The molecule has 118 valence electrons. The number of carbonyl (C=O) groups is 1. The van der Waals surface area contributed by atoms with Crippen molar-refractivity contribution in [1.82, 2.24) is 20.2 Å². The van der Waals surface area contributed by atoms with Crippen LogP contribution in [0.15, 0.2) is 45.3 Å². The molecule has 1 aromatic carbocycles. The molecular formula is C15H13BrN4O3. The van der Waals surface area contributed by atoms with Crippen molar-refractivity contribution in [3.8, 4) is 11.4 Å². The van der Waals surface area contributed by atoms with E-state index >= 15 is 0 Å². The molecule has 1 unspecified atom stereocenters. The number of halogens is 1. The van der Waals surface area contributed by atoms with Crippen LogP contribution in [0.3, 0.4) is 0 Å². The van der Waals surface area contributed by atoms with E-state index in [-0.39, 0.29) is 11.8 Å². The molecule has 0 radical (unpaired) electrons. The van der Waals surface area contributed by atoms with Gasteiger partial charge in [-0.1, -0.05) is 15.9 Å². The number of carbonyl (C=O) groups excluding carboxylic acids is 1. The fourth-order valence-corrected chi connectivity index (χ4v) is 2.27. The highest BCUT2D eigenvalue weighted by Crippen LogP contribution is 2.22. The fourth-order valence-electron chi connectivity index (χ4n) is 2.01. The largest absolute Gasteiger partial charge is 0.463 e. The lowest BCUT2D eigenvalue weighted by atomic mass is 10.2. The third kappa shape index (κ3) is 3.16.